The minimum Gasteiger partial charge on any atom is -0.335 e. The zero-order chi connectivity index (χ0) is 23.4. The Hall–Kier alpha value is -2.45. The highest BCUT2D eigenvalue weighted by Crippen LogP contribution is 2.27. The van der Waals surface area contributed by atoms with Crippen LogP contribution < -0.4 is 4.90 Å². The van der Waals surface area contributed by atoms with Gasteiger partial charge >= 0.3 is 0 Å². The monoisotopic (exact) mass is 460 g/mol. The third kappa shape index (κ3) is 5.86. The Morgan fingerprint density at radius 2 is 1.88 bits per heavy atom. The van der Waals surface area contributed by atoms with E-state index in [1.165, 1.54) is 0 Å². The van der Waals surface area contributed by atoms with Crippen LogP contribution in [-0.2, 0) is 22.7 Å². The number of nitrogens with zero attached hydrogens (tertiary/aromatic N) is 6. The number of amides is 2. The van der Waals surface area contributed by atoms with E-state index in [1.807, 2.05) is 36.9 Å². The standard InChI is InChI=1S/C23H33ClN6O2/c1-16(2)27-9-6-10-29(19(5)31)22-13-21(24)8-7-20(22)14-28(12-11-27)23(32)15-30-18(4)25-17(3)26-30/h7-8,13,16H,6,9-12,14-15H2,1-5H3. The Morgan fingerprint density at radius 3 is 2.50 bits per heavy atom. The molecule has 0 atom stereocenters. The summed E-state index contributed by atoms with van der Waals surface area (Å²) in [4.78, 5) is 36.1. The molecule has 3 rings (SSSR count). The molecule has 0 spiro atoms. The van der Waals surface area contributed by atoms with Gasteiger partial charge in [-0.15, -0.1) is 0 Å². The summed E-state index contributed by atoms with van der Waals surface area (Å²) >= 11 is 6.29. The Bertz CT molecular complexity index is 973. The maximum atomic E-state index is 13.4. The van der Waals surface area contributed by atoms with Crippen molar-refractivity contribution in [1.82, 2.24) is 24.6 Å². The number of fused-ring (bicyclic) bond motifs is 1. The molecule has 0 aliphatic carbocycles. The lowest BCUT2D eigenvalue weighted by Gasteiger charge is -2.30. The fourth-order valence-corrected chi connectivity index (χ4v) is 4.28. The van der Waals surface area contributed by atoms with Crippen LogP contribution in [0, 0.1) is 13.8 Å². The molecule has 0 radical (unpaired) electrons. The van der Waals surface area contributed by atoms with Gasteiger partial charge in [-0.3, -0.25) is 14.5 Å². The van der Waals surface area contributed by atoms with Crippen LogP contribution in [0.5, 0.6) is 0 Å². The van der Waals surface area contributed by atoms with Crippen molar-refractivity contribution in [2.24, 2.45) is 0 Å². The van der Waals surface area contributed by atoms with Gasteiger partial charge in [-0.2, -0.15) is 5.10 Å². The fraction of sp³-hybridized carbons (Fsp3) is 0.565. The molecule has 2 aromatic rings. The van der Waals surface area contributed by atoms with Crippen LogP contribution in [0.2, 0.25) is 5.02 Å². The molecular formula is C23H33ClN6O2. The molecule has 2 amide bonds. The molecule has 1 aromatic carbocycles. The zero-order valence-corrected chi connectivity index (χ0v) is 20.4. The number of carbonyl (C=O) groups excluding carboxylic acids is 2. The van der Waals surface area contributed by atoms with Gasteiger partial charge in [0.2, 0.25) is 11.8 Å². The molecule has 1 aromatic heterocycles. The van der Waals surface area contributed by atoms with E-state index in [0.29, 0.717) is 42.3 Å². The number of carbonyl (C=O) groups is 2. The number of benzene rings is 1. The first-order chi connectivity index (χ1) is 15.2. The molecule has 0 fully saturated rings. The summed E-state index contributed by atoms with van der Waals surface area (Å²) in [5.41, 5.74) is 1.68. The molecule has 9 heteroatoms. The Kier molecular flexibility index (Phi) is 7.90. The summed E-state index contributed by atoms with van der Waals surface area (Å²) in [7, 11) is 0. The number of anilines is 1. The third-order valence-corrected chi connectivity index (χ3v) is 6.13. The van der Waals surface area contributed by atoms with E-state index in [4.69, 9.17) is 11.6 Å². The largest absolute Gasteiger partial charge is 0.335 e. The van der Waals surface area contributed by atoms with E-state index in [-0.39, 0.29) is 18.4 Å². The number of aryl methyl sites for hydroxylation is 2. The van der Waals surface area contributed by atoms with E-state index in [1.54, 1.807) is 16.5 Å². The topological polar surface area (TPSA) is 74.6 Å². The first-order valence-corrected chi connectivity index (χ1v) is 11.5. The average Bonchev–Trinajstić information content (AvgIpc) is 3.01. The molecular weight excluding hydrogens is 428 g/mol. The maximum Gasteiger partial charge on any atom is 0.244 e. The molecule has 1 aliphatic rings. The van der Waals surface area contributed by atoms with Gasteiger partial charge in [0, 0.05) is 50.7 Å². The zero-order valence-electron chi connectivity index (χ0n) is 19.6. The highest BCUT2D eigenvalue weighted by atomic mass is 35.5. The van der Waals surface area contributed by atoms with Crippen molar-refractivity contribution in [3.63, 3.8) is 0 Å². The molecule has 1 aliphatic heterocycles. The summed E-state index contributed by atoms with van der Waals surface area (Å²) in [6.07, 6.45) is 0.842. The summed E-state index contributed by atoms with van der Waals surface area (Å²) in [5.74, 6) is 1.30. The second-order valence-corrected chi connectivity index (χ2v) is 9.04. The van der Waals surface area contributed by atoms with Gasteiger partial charge in [0.05, 0.1) is 5.69 Å². The lowest BCUT2D eigenvalue weighted by molar-refractivity contribution is -0.133. The van der Waals surface area contributed by atoms with Crippen LogP contribution in [-0.4, -0.2) is 68.6 Å². The minimum absolute atomic E-state index is 0.0313. The van der Waals surface area contributed by atoms with Crippen LogP contribution in [0.15, 0.2) is 18.2 Å². The van der Waals surface area contributed by atoms with Crippen LogP contribution in [0.25, 0.3) is 0 Å². The highest BCUT2D eigenvalue weighted by molar-refractivity contribution is 6.31. The summed E-state index contributed by atoms with van der Waals surface area (Å²) in [5, 5.41) is 4.92. The molecule has 0 unspecified atom stereocenters. The molecule has 2 heterocycles. The van der Waals surface area contributed by atoms with Crippen LogP contribution in [0.1, 0.15) is 44.4 Å². The lowest BCUT2D eigenvalue weighted by Crippen LogP contribution is -2.42. The Morgan fingerprint density at radius 1 is 1.12 bits per heavy atom. The quantitative estimate of drug-likeness (QED) is 0.703. The number of hydrogen-bond acceptors (Lipinski definition) is 5. The van der Waals surface area contributed by atoms with Crippen molar-refractivity contribution in [2.45, 2.75) is 60.2 Å². The molecule has 174 valence electrons. The van der Waals surface area contributed by atoms with Crippen molar-refractivity contribution in [3.8, 4) is 0 Å². The van der Waals surface area contributed by atoms with E-state index in [9.17, 15) is 9.59 Å². The van der Waals surface area contributed by atoms with Gasteiger partial charge in [0.25, 0.3) is 0 Å². The molecule has 0 saturated carbocycles. The molecule has 0 bridgehead atoms. The third-order valence-electron chi connectivity index (χ3n) is 5.89. The summed E-state index contributed by atoms with van der Waals surface area (Å²) in [6.45, 7) is 12.9. The predicted molar refractivity (Wildman–Crippen MR) is 126 cm³/mol. The number of halogens is 1. The second-order valence-electron chi connectivity index (χ2n) is 8.61. The molecule has 32 heavy (non-hydrogen) atoms. The summed E-state index contributed by atoms with van der Waals surface area (Å²) in [6, 6.07) is 5.89. The fourth-order valence-electron chi connectivity index (χ4n) is 4.12. The van der Waals surface area contributed by atoms with Gasteiger partial charge in [0.1, 0.15) is 18.2 Å². The second kappa shape index (κ2) is 10.4. The van der Waals surface area contributed by atoms with E-state index >= 15 is 0 Å². The number of hydrogen-bond donors (Lipinski definition) is 0. The van der Waals surface area contributed by atoms with Crippen LogP contribution in [0.4, 0.5) is 5.69 Å². The lowest BCUT2D eigenvalue weighted by atomic mass is 10.1. The van der Waals surface area contributed by atoms with Crippen LogP contribution >= 0.6 is 11.6 Å². The highest BCUT2D eigenvalue weighted by Gasteiger charge is 2.24. The predicted octanol–water partition coefficient (Wildman–Crippen LogP) is 3.04. The van der Waals surface area contributed by atoms with Crippen molar-refractivity contribution in [2.75, 3.05) is 31.1 Å². The Balaban J connectivity index is 1.96. The van der Waals surface area contributed by atoms with Crippen molar-refractivity contribution >= 4 is 29.1 Å². The smallest absolute Gasteiger partial charge is 0.244 e. The minimum atomic E-state index is -0.0320. The van der Waals surface area contributed by atoms with Gasteiger partial charge in [-0.25, -0.2) is 9.67 Å². The number of aromatic nitrogens is 3. The first-order valence-electron chi connectivity index (χ1n) is 11.1. The van der Waals surface area contributed by atoms with Crippen molar-refractivity contribution in [3.05, 3.63) is 40.4 Å². The normalized spacial score (nSPS) is 16.1. The van der Waals surface area contributed by atoms with E-state index < -0.39 is 0 Å². The SMILES string of the molecule is CC(=O)N1CCCN(C(C)C)CCN(C(=O)Cn2nc(C)nc2C)Cc2ccc(Cl)cc21. The van der Waals surface area contributed by atoms with Gasteiger partial charge in [-0.05, 0) is 51.8 Å². The van der Waals surface area contributed by atoms with Crippen molar-refractivity contribution < 1.29 is 9.59 Å². The van der Waals surface area contributed by atoms with Gasteiger partial charge in [-0.1, -0.05) is 17.7 Å². The van der Waals surface area contributed by atoms with Crippen LogP contribution in [0.3, 0.4) is 0 Å². The van der Waals surface area contributed by atoms with E-state index in [2.05, 4.69) is 28.8 Å². The van der Waals surface area contributed by atoms with E-state index in [0.717, 1.165) is 30.8 Å². The first kappa shape index (κ1) is 24.2. The molecule has 0 N–H and O–H groups in total. The van der Waals surface area contributed by atoms with Gasteiger partial charge < -0.3 is 9.80 Å². The van der Waals surface area contributed by atoms with Crippen molar-refractivity contribution in [1.29, 1.82) is 0 Å². The molecule has 8 nitrogen and oxygen atoms in total. The summed E-state index contributed by atoms with van der Waals surface area (Å²) < 4.78 is 1.65. The number of rotatable bonds is 3. The van der Waals surface area contributed by atoms with Gasteiger partial charge in [0.15, 0.2) is 0 Å². The Labute approximate surface area is 195 Å². The molecule has 0 saturated heterocycles. The average molecular weight is 461 g/mol. The maximum absolute atomic E-state index is 13.4.